The van der Waals surface area contributed by atoms with Crippen LogP contribution in [0.1, 0.15) is 15.9 Å². The van der Waals surface area contributed by atoms with E-state index in [9.17, 15) is 9.59 Å². The van der Waals surface area contributed by atoms with Crippen molar-refractivity contribution in [2.24, 2.45) is 4.99 Å². The Morgan fingerprint density at radius 3 is 2.86 bits per heavy atom. The molecule has 0 aliphatic heterocycles. The Hall–Kier alpha value is -1.99. The number of aliphatic imine (C=N–C) groups is 1. The Bertz CT molecular complexity index is 429. The Balaban J connectivity index is 3.43. The molecule has 0 atom stereocenters. The lowest BCUT2D eigenvalue weighted by molar-refractivity contribution is 0.104. The second kappa shape index (κ2) is 4.30. The van der Waals surface area contributed by atoms with E-state index >= 15 is 0 Å². The molecule has 0 heterocycles. The Kier molecular flexibility index (Phi) is 3.10. The molecular weight excluding hydrogens is 178 g/mol. The van der Waals surface area contributed by atoms with Gasteiger partial charge in [0, 0.05) is 0 Å². The molecule has 0 radical (unpaired) electrons. The van der Waals surface area contributed by atoms with E-state index in [1.807, 2.05) is 0 Å². The van der Waals surface area contributed by atoms with Crippen LogP contribution in [0.3, 0.4) is 0 Å². The lowest BCUT2D eigenvalue weighted by atomic mass is 10.0. The van der Waals surface area contributed by atoms with Crippen molar-refractivity contribution in [3.05, 3.63) is 42.0 Å². The number of nitrogens with zero attached hydrogens (tertiary/aromatic N) is 1. The first-order chi connectivity index (χ1) is 6.70. The van der Waals surface area contributed by atoms with Crippen molar-refractivity contribution >= 4 is 17.6 Å². The fourth-order valence-electron chi connectivity index (χ4n) is 1.22. The van der Waals surface area contributed by atoms with E-state index in [2.05, 4.69) is 11.6 Å². The summed E-state index contributed by atoms with van der Waals surface area (Å²) in [5.74, 6) is -0.239. The van der Waals surface area contributed by atoms with Gasteiger partial charge in [0.25, 0.3) is 0 Å². The third kappa shape index (κ3) is 1.84. The van der Waals surface area contributed by atoms with Crippen LogP contribution in [0.2, 0.25) is 0 Å². The van der Waals surface area contributed by atoms with Gasteiger partial charge in [-0.15, -0.1) is 0 Å². The van der Waals surface area contributed by atoms with E-state index < -0.39 is 0 Å². The molecule has 0 saturated heterocycles. The first kappa shape index (κ1) is 10.1. The monoisotopic (exact) mass is 187 g/mol. The molecule has 14 heavy (non-hydrogen) atoms. The van der Waals surface area contributed by atoms with Crippen molar-refractivity contribution in [3.8, 4) is 0 Å². The molecule has 1 rings (SSSR count). The van der Waals surface area contributed by atoms with Crippen molar-refractivity contribution in [1.29, 1.82) is 0 Å². The summed E-state index contributed by atoms with van der Waals surface area (Å²) in [5.41, 5.74) is 1.52. The maximum Gasteiger partial charge on any atom is 0.240 e. The average Bonchev–Trinajstić information content (AvgIpc) is 2.18. The number of carbonyl (C=O) groups is 1. The summed E-state index contributed by atoms with van der Waals surface area (Å²) in [6.07, 6.45) is 2.62. The Morgan fingerprint density at radius 2 is 2.29 bits per heavy atom. The molecular formula is C11H9NO2. The molecule has 1 aromatic carbocycles. The molecule has 0 saturated carbocycles. The minimum Gasteiger partial charge on any atom is -0.289 e. The van der Waals surface area contributed by atoms with Crippen LogP contribution in [0.4, 0.5) is 5.69 Å². The molecule has 0 bridgehead atoms. The maximum atomic E-state index is 11.4. The minimum atomic E-state index is -0.239. The fraction of sp³-hybridized carbons (Fsp3) is 0.0909. The highest BCUT2D eigenvalue weighted by molar-refractivity contribution is 6.08. The average molecular weight is 187 g/mol. The number of hydrogen-bond acceptors (Lipinski definition) is 3. The largest absolute Gasteiger partial charge is 0.289 e. The molecule has 0 fully saturated rings. The minimum absolute atomic E-state index is 0.239. The number of carbonyl (C=O) groups excluding carboxylic acids is 2. The number of allylic oxidation sites excluding steroid dienone is 1. The summed E-state index contributed by atoms with van der Waals surface area (Å²) in [7, 11) is 0. The standard InChI is InChI=1S/C11H9NO2/c1-3-10(14)11-8(2)5-4-6-9(11)12-7-13/h3-6H,1H2,2H3. The molecule has 0 spiro atoms. The van der Waals surface area contributed by atoms with E-state index in [-0.39, 0.29) is 5.78 Å². The summed E-state index contributed by atoms with van der Waals surface area (Å²) in [5, 5.41) is 0. The smallest absolute Gasteiger partial charge is 0.240 e. The topological polar surface area (TPSA) is 46.5 Å². The molecule has 0 N–H and O–H groups in total. The van der Waals surface area contributed by atoms with Crippen LogP contribution >= 0.6 is 0 Å². The van der Waals surface area contributed by atoms with Gasteiger partial charge >= 0.3 is 0 Å². The van der Waals surface area contributed by atoms with E-state index in [0.29, 0.717) is 11.3 Å². The van der Waals surface area contributed by atoms with Crippen LogP contribution in [-0.4, -0.2) is 11.9 Å². The zero-order chi connectivity index (χ0) is 10.6. The molecule has 3 heteroatoms. The van der Waals surface area contributed by atoms with Crippen LogP contribution in [0.25, 0.3) is 0 Å². The number of rotatable bonds is 3. The van der Waals surface area contributed by atoms with E-state index in [1.165, 1.54) is 12.2 Å². The quantitative estimate of drug-likeness (QED) is 0.315. The van der Waals surface area contributed by atoms with Gasteiger partial charge in [0.05, 0.1) is 11.3 Å². The first-order valence-electron chi connectivity index (χ1n) is 4.05. The van der Waals surface area contributed by atoms with Crippen molar-refractivity contribution < 1.29 is 9.59 Å². The van der Waals surface area contributed by atoms with Gasteiger partial charge in [-0.3, -0.25) is 4.79 Å². The SMILES string of the molecule is C=CC(=O)c1c(C)cccc1N=C=O. The van der Waals surface area contributed by atoms with Gasteiger partial charge in [-0.05, 0) is 24.6 Å². The third-order valence-electron chi connectivity index (χ3n) is 1.85. The highest BCUT2D eigenvalue weighted by Gasteiger charge is 2.10. The van der Waals surface area contributed by atoms with Gasteiger partial charge in [0.1, 0.15) is 0 Å². The molecule has 0 aromatic heterocycles. The fourth-order valence-corrected chi connectivity index (χ4v) is 1.22. The number of benzene rings is 1. The molecule has 0 amide bonds. The van der Waals surface area contributed by atoms with Gasteiger partial charge in [0.2, 0.25) is 6.08 Å². The van der Waals surface area contributed by atoms with Gasteiger partial charge < -0.3 is 0 Å². The molecule has 0 aliphatic rings. The normalized spacial score (nSPS) is 8.93. The van der Waals surface area contributed by atoms with Crippen LogP contribution in [0.5, 0.6) is 0 Å². The molecule has 3 nitrogen and oxygen atoms in total. The second-order valence-electron chi connectivity index (χ2n) is 2.74. The Labute approximate surface area is 81.8 Å². The van der Waals surface area contributed by atoms with Crippen molar-refractivity contribution in [1.82, 2.24) is 0 Å². The molecule has 0 aliphatic carbocycles. The van der Waals surface area contributed by atoms with E-state index in [0.717, 1.165) is 5.56 Å². The van der Waals surface area contributed by atoms with Crippen molar-refractivity contribution in [3.63, 3.8) is 0 Å². The number of aryl methyl sites for hydroxylation is 1. The second-order valence-corrected chi connectivity index (χ2v) is 2.74. The summed E-state index contributed by atoms with van der Waals surface area (Å²) in [6.45, 7) is 5.17. The molecule has 70 valence electrons. The third-order valence-corrected chi connectivity index (χ3v) is 1.85. The maximum absolute atomic E-state index is 11.4. The Morgan fingerprint density at radius 1 is 1.57 bits per heavy atom. The zero-order valence-corrected chi connectivity index (χ0v) is 7.78. The molecule has 1 aromatic rings. The summed E-state index contributed by atoms with van der Waals surface area (Å²) in [6, 6.07) is 5.10. The summed E-state index contributed by atoms with van der Waals surface area (Å²) in [4.78, 5) is 25.0. The number of ketones is 1. The van der Waals surface area contributed by atoms with E-state index in [4.69, 9.17) is 0 Å². The van der Waals surface area contributed by atoms with Crippen molar-refractivity contribution in [2.45, 2.75) is 6.92 Å². The van der Waals surface area contributed by atoms with Gasteiger partial charge in [-0.2, -0.15) is 4.99 Å². The first-order valence-corrected chi connectivity index (χ1v) is 4.05. The van der Waals surface area contributed by atoms with Crippen LogP contribution < -0.4 is 0 Å². The van der Waals surface area contributed by atoms with E-state index in [1.54, 1.807) is 25.1 Å². The highest BCUT2D eigenvalue weighted by atomic mass is 16.1. The highest BCUT2D eigenvalue weighted by Crippen LogP contribution is 2.22. The van der Waals surface area contributed by atoms with Crippen LogP contribution in [0.15, 0.2) is 35.8 Å². The predicted octanol–water partition coefficient (Wildman–Crippen LogP) is 2.33. The lowest BCUT2D eigenvalue weighted by Gasteiger charge is -2.03. The van der Waals surface area contributed by atoms with Crippen LogP contribution in [-0.2, 0) is 4.79 Å². The zero-order valence-electron chi connectivity index (χ0n) is 7.78. The number of hydrogen-bond donors (Lipinski definition) is 0. The predicted molar refractivity (Wildman–Crippen MR) is 53.5 cm³/mol. The van der Waals surface area contributed by atoms with Crippen LogP contribution in [0, 0.1) is 6.92 Å². The van der Waals surface area contributed by atoms with Crippen molar-refractivity contribution in [2.75, 3.05) is 0 Å². The summed E-state index contributed by atoms with van der Waals surface area (Å²) >= 11 is 0. The lowest BCUT2D eigenvalue weighted by Crippen LogP contribution is -1.97. The summed E-state index contributed by atoms with van der Waals surface area (Å²) < 4.78 is 0. The van der Waals surface area contributed by atoms with Gasteiger partial charge in [0.15, 0.2) is 5.78 Å². The molecule has 0 unspecified atom stereocenters. The van der Waals surface area contributed by atoms with Gasteiger partial charge in [-0.1, -0.05) is 18.7 Å². The van der Waals surface area contributed by atoms with Gasteiger partial charge in [-0.25, -0.2) is 4.79 Å². The number of isocyanates is 1.